The number of ether oxygens (including phenoxy) is 2. The fraction of sp³-hybridized carbons (Fsp3) is 0.906. The van der Waals surface area contributed by atoms with Gasteiger partial charge in [0.2, 0.25) is 0 Å². The number of esters is 1. The number of hydrogen-bond donors (Lipinski definition) is 1. The Morgan fingerprint density at radius 1 is 1.06 bits per heavy atom. The van der Waals surface area contributed by atoms with Crippen LogP contribution in [0.25, 0.3) is 0 Å². The average molecular weight is 503 g/mol. The highest BCUT2D eigenvalue weighted by Gasteiger charge is 2.59. The van der Waals surface area contributed by atoms with Crippen LogP contribution in [0.3, 0.4) is 0 Å². The Bertz CT molecular complexity index is 832. The second kappa shape index (κ2) is 10.0. The summed E-state index contributed by atoms with van der Waals surface area (Å²) >= 11 is 0. The summed E-state index contributed by atoms with van der Waals surface area (Å²) in [6.07, 6.45) is 14.6. The van der Waals surface area contributed by atoms with Crippen LogP contribution in [0.2, 0.25) is 0 Å². The van der Waals surface area contributed by atoms with Crippen molar-refractivity contribution in [1.82, 2.24) is 0 Å². The van der Waals surface area contributed by atoms with Crippen molar-refractivity contribution in [3.8, 4) is 0 Å². The number of fused-ring (bicyclic) bond motifs is 5. The predicted octanol–water partition coefficient (Wildman–Crippen LogP) is 7.48. The van der Waals surface area contributed by atoms with Crippen LogP contribution in [0.4, 0.5) is 0 Å². The van der Waals surface area contributed by atoms with Gasteiger partial charge in [-0.2, -0.15) is 0 Å². The van der Waals surface area contributed by atoms with Gasteiger partial charge in [-0.25, -0.2) is 4.79 Å². The summed E-state index contributed by atoms with van der Waals surface area (Å²) in [6.45, 7) is 17.3. The first-order chi connectivity index (χ1) is 16.6. The summed E-state index contributed by atoms with van der Waals surface area (Å²) in [7, 11) is 0. The minimum atomic E-state index is -0.555. The summed E-state index contributed by atoms with van der Waals surface area (Å²) < 4.78 is 11.5. The highest BCUT2D eigenvalue weighted by molar-refractivity contribution is 5.71. The van der Waals surface area contributed by atoms with Crippen LogP contribution in [0.5, 0.6) is 0 Å². The van der Waals surface area contributed by atoms with E-state index in [4.69, 9.17) is 9.47 Å². The van der Waals surface area contributed by atoms with Crippen LogP contribution in [-0.4, -0.2) is 35.0 Å². The first-order valence-corrected chi connectivity index (χ1v) is 14.9. The lowest BCUT2D eigenvalue weighted by atomic mass is 9.46. The van der Waals surface area contributed by atoms with Crippen molar-refractivity contribution in [2.24, 2.45) is 40.4 Å². The van der Waals surface area contributed by atoms with Gasteiger partial charge in [-0.05, 0) is 139 Å². The van der Waals surface area contributed by atoms with E-state index in [1.165, 1.54) is 44.9 Å². The minimum Gasteiger partial charge on any atom is -0.458 e. The molecule has 0 bridgehead atoms. The first-order valence-electron chi connectivity index (χ1n) is 14.9. The Labute approximate surface area is 221 Å². The zero-order chi connectivity index (χ0) is 26.5. The normalized spacial score (nSPS) is 39.5. The molecule has 3 fully saturated rings. The maximum atomic E-state index is 12.2. The molecule has 206 valence electrons. The monoisotopic (exact) mass is 502 g/mol. The van der Waals surface area contributed by atoms with Gasteiger partial charge in [0.1, 0.15) is 12.2 Å². The Balaban J connectivity index is 1.41. The number of hydrogen-bond acceptors (Lipinski definition) is 4. The van der Waals surface area contributed by atoms with Crippen molar-refractivity contribution in [3.63, 3.8) is 0 Å². The Kier molecular flexibility index (Phi) is 7.84. The molecule has 0 saturated heterocycles. The molecule has 3 saturated carbocycles. The molecule has 0 aromatic heterocycles. The van der Waals surface area contributed by atoms with Gasteiger partial charge in [0.15, 0.2) is 0 Å². The molecule has 0 amide bonds. The lowest BCUT2D eigenvalue weighted by molar-refractivity contribution is -0.161. The van der Waals surface area contributed by atoms with Crippen LogP contribution in [0, 0.1) is 40.4 Å². The standard InChI is InChI=1S/C32H54O4/c1-21(13-16-30(5,6)34)25-11-12-26-24-10-9-22-19-23(35-20-28(33)36-29(2,3)4)14-17-31(22,7)27(24)15-18-32(25,26)8/h19,21,23-27,34H,9-18,20H2,1-8H3/t21-,23+,24+,25?,26+,27+,31+,32-/m1/s1. The quantitative estimate of drug-likeness (QED) is 0.290. The number of allylic oxidation sites excluding steroid dienone is 1. The van der Waals surface area contributed by atoms with Gasteiger partial charge < -0.3 is 14.6 Å². The smallest absolute Gasteiger partial charge is 0.332 e. The largest absolute Gasteiger partial charge is 0.458 e. The van der Waals surface area contributed by atoms with E-state index in [1.54, 1.807) is 5.57 Å². The predicted molar refractivity (Wildman–Crippen MR) is 145 cm³/mol. The molecule has 0 heterocycles. The Morgan fingerprint density at radius 2 is 1.78 bits per heavy atom. The molecule has 4 heteroatoms. The summed E-state index contributed by atoms with van der Waals surface area (Å²) in [5.41, 5.74) is 1.33. The lowest BCUT2D eigenvalue weighted by Crippen LogP contribution is -2.51. The van der Waals surface area contributed by atoms with Gasteiger partial charge in [0.25, 0.3) is 0 Å². The van der Waals surface area contributed by atoms with E-state index in [-0.39, 0.29) is 18.7 Å². The van der Waals surface area contributed by atoms with Crippen molar-refractivity contribution < 1.29 is 19.4 Å². The summed E-state index contributed by atoms with van der Waals surface area (Å²) in [4.78, 5) is 12.2. The molecule has 4 rings (SSSR count). The number of aliphatic hydroxyl groups is 1. The van der Waals surface area contributed by atoms with Crippen molar-refractivity contribution in [3.05, 3.63) is 11.6 Å². The van der Waals surface area contributed by atoms with E-state index in [1.807, 2.05) is 34.6 Å². The average Bonchev–Trinajstić information content (AvgIpc) is 3.11. The SMILES string of the molecule is C[C@H](CCC(C)(C)O)C1CC[C@H]2[C@@H]3CCC4=C[C@@H](OCC(=O)OC(C)(C)C)CC[C@]4(C)[C@H]3CC[C@]12C. The molecular formula is C32H54O4. The molecule has 0 radical (unpaired) electrons. The summed E-state index contributed by atoms with van der Waals surface area (Å²) in [5, 5.41) is 10.3. The molecular weight excluding hydrogens is 448 g/mol. The van der Waals surface area contributed by atoms with Crippen LogP contribution >= 0.6 is 0 Å². The van der Waals surface area contributed by atoms with Gasteiger partial charge in [-0.3, -0.25) is 0 Å². The third-order valence-electron chi connectivity index (χ3n) is 10.9. The Morgan fingerprint density at radius 3 is 2.44 bits per heavy atom. The Hall–Kier alpha value is -0.870. The first kappa shape index (κ1) is 28.1. The zero-order valence-electron chi connectivity index (χ0n) is 24.5. The fourth-order valence-corrected chi connectivity index (χ4v) is 9.13. The van der Waals surface area contributed by atoms with Crippen LogP contribution in [-0.2, 0) is 14.3 Å². The van der Waals surface area contributed by atoms with Crippen molar-refractivity contribution in [2.45, 2.75) is 137 Å². The molecule has 8 atom stereocenters. The van der Waals surface area contributed by atoms with E-state index in [2.05, 4.69) is 26.8 Å². The van der Waals surface area contributed by atoms with Gasteiger partial charge in [-0.1, -0.05) is 32.4 Å². The van der Waals surface area contributed by atoms with E-state index in [0.717, 1.165) is 42.9 Å². The van der Waals surface area contributed by atoms with Gasteiger partial charge >= 0.3 is 5.97 Å². The van der Waals surface area contributed by atoms with Crippen LogP contribution < -0.4 is 0 Å². The highest BCUT2D eigenvalue weighted by Crippen LogP contribution is 2.67. The molecule has 0 aromatic carbocycles. The molecule has 4 aliphatic carbocycles. The van der Waals surface area contributed by atoms with Crippen molar-refractivity contribution in [1.29, 1.82) is 0 Å². The van der Waals surface area contributed by atoms with Crippen molar-refractivity contribution >= 4 is 5.97 Å². The zero-order valence-corrected chi connectivity index (χ0v) is 24.5. The molecule has 0 aromatic rings. The third-order valence-corrected chi connectivity index (χ3v) is 10.9. The highest BCUT2D eigenvalue weighted by atomic mass is 16.6. The summed E-state index contributed by atoms with van der Waals surface area (Å²) in [5.74, 6) is 3.70. The van der Waals surface area contributed by atoms with Crippen LogP contribution in [0.15, 0.2) is 11.6 Å². The molecule has 4 aliphatic rings. The molecule has 1 N–H and O–H groups in total. The van der Waals surface area contributed by atoms with Gasteiger partial charge in [0.05, 0.1) is 11.7 Å². The number of carbonyl (C=O) groups excluding carboxylic acids is 1. The molecule has 1 unspecified atom stereocenters. The molecule has 4 nitrogen and oxygen atoms in total. The third kappa shape index (κ3) is 5.75. The van der Waals surface area contributed by atoms with E-state index in [0.29, 0.717) is 16.7 Å². The number of rotatable bonds is 7. The second-order valence-electron chi connectivity index (χ2n) is 15.1. The fourth-order valence-electron chi connectivity index (χ4n) is 9.13. The topological polar surface area (TPSA) is 55.8 Å². The maximum Gasteiger partial charge on any atom is 0.332 e. The van der Waals surface area contributed by atoms with Gasteiger partial charge in [-0.15, -0.1) is 0 Å². The maximum absolute atomic E-state index is 12.2. The molecule has 0 aliphatic heterocycles. The van der Waals surface area contributed by atoms with E-state index < -0.39 is 11.2 Å². The van der Waals surface area contributed by atoms with E-state index in [9.17, 15) is 9.90 Å². The minimum absolute atomic E-state index is 0.0403. The molecule has 36 heavy (non-hydrogen) atoms. The van der Waals surface area contributed by atoms with Gasteiger partial charge in [0, 0.05) is 0 Å². The second-order valence-corrected chi connectivity index (χ2v) is 15.1. The van der Waals surface area contributed by atoms with Crippen LogP contribution in [0.1, 0.15) is 120 Å². The van der Waals surface area contributed by atoms with Crippen molar-refractivity contribution in [2.75, 3.05) is 6.61 Å². The lowest BCUT2D eigenvalue weighted by Gasteiger charge is -2.59. The molecule has 0 spiro atoms. The van der Waals surface area contributed by atoms with E-state index >= 15 is 0 Å². The number of carbonyl (C=O) groups is 1. The summed E-state index contributed by atoms with van der Waals surface area (Å²) in [6, 6.07) is 0.